The number of ether oxygens (including phenoxy) is 1. The van der Waals surface area contributed by atoms with Crippen LogP contribution in [0.15, 0.2) is 36.5 Å². The van der Waals surface area contributed by atoms with Crippen LogP contribution in [0.25, 0.3) is 11.3 Å². The topological polar surface area (TPSA) is 163 Å². The largest absolute Gasteiger partial charge is 0.494 e. The molecule has 46 heavy (non-hydrogen) atoms. The molecule has 2 fully saturated rings. The number of imidazole rings is 1. The zero-order chi connectivity index (χ0) is 33.6. The van der Waals surface area contributed by atoms with Gasteiger partial charge < -0.3 is 29.9 Å². The number of carbonyl (C=O) groups excluding carboxylic acids is 2. The van der Waals surface area contributed by atoms with Crippen molar-refractivity contribution in [3.05, 3.63) is 64.6 Å². The van der Waals surface area contributed by atoms with Crippen LogP contribution in [0, 0.1) is 11.6 Å². The van der Waals surface area contributed by atoms with E-state index >= 15 is 0 Å². The molecule has 3 N–H and O–H groups in total. The van der Waals surface area contributed by atoms with Crippen LogP contribution in [0.2, 0.25) is 5.02 Å². The minimum atomic E-state index is -3.43. The Hall–Kier alpha value is -4.12. The summed E-state index contributed by atoms with van der Waals surface area (Å²) in [5.74, 6) is -3.56. The van der Waals surface area contributed by atoms with Gasteiger partial charge in [-0.2, -0.15) is 8.70 Å². The molecule has 0 unspecified atom stereocenters. The van der Waals surface area contributed by atoms with Crippen molar-refractivity contribution in [2.75, 3.05) is 51.7 Å². The molecule has 3 heterocycles. The summed E-state index contributed by atoms with van der Waals surface area (Å²) in [4.78, 5) is 40.2. The second kappa shape index (κ2) is 15.0. The molecule has 0 radical (unpaired) electrons. The molecule has 0 atom stereocenters. The number of hydrogen-bond acceptors (Lipinski definition) is 8. The van der Waals surface area contributed by atoms with Gasteiger partial charge in [0.1, 0.15) is 0 Å². The van der Waals surface area contributed by atoms with Gasteiger partial charge in [-0.1, -0.05) is 11.6 Å². The summed E-state index contributed by atoms with van der Waals surface area (Å²) in [5, 5.41) is 12.3. The van der Waals surface area contributed by atoms with Gasteiger partial charge in [-0.05, 0) is 43.2 Å². The van der Waals surface area contributed by atoms with Crippen molar-refractivity contribution in [3.63, 3.8) is 0 Å². The number of carboxylic acid groups (broad SMARTS) is 1. The maximum absolute atomic E-state index is 14.6. The van der Waals surface area contributed by atoms with Crippen molar-refractivity contribution < 1.29 is 41.4 Å². The van der Waals surface area contributed by atoms with E-state index < -0.39 is 32.8 Å². The second-order valence-corrected chi connectivity index (χ2v) is 13.0. The highest BCUT2D eigenvalue weighted by atomic mass is 35.5. The van der Waals surface area contributed by atoms with Gasteiger partial charge in [-0.15, -0.1) is 0 Å². The second-order valence-electron chi connectivity index (χ2n) is 10.4. The summed E-state index contributed by atoms with van der Waals surface area (Å²) in [6.07, 6.45) is 1.93. The average Bonchev–Trinajstić information content (AvgIpc) is 3.43. The van der Waals surface area contributed by atoms with Crippen molar-refractivity contribution in [2.45, 2.75) is 18.1 Å². The highest BCUT2D eigenvalue weighted by Gasteiger charge is 2.36. The van der Waals surface area contributed by atoms with Crippen molar-refractivity contribution in [1.82, 2.24) is 24.1 Å². The normalized spacial score (nSPS) is 15.9. The molecule has 2 aliphatic heterocycles. The number of hydrogen-bond donors (Lipinski definition) is 3. The van der Waals surface area contributed by atoms with Crippen LogP contribution in [0.1, 0.15) is 33.8 Å². The van der Waals surface area contributed by atoms with E-state index in [9.17, 15) is 26.8 Å². The molecule has 0 bridgehead atoms. The van der Waals surface area contributed by atoms with Gasteiger partial charge in [-0.25, -0.2) is 17.8 Å². The number of methoxy groups -OCH3 is 1. The predicted octanol–water partition coefficient (Wildman–Crippen LogP) is 2.82. The van der Waals surface area contributed by atoms with Gasteiger partial charge in [0.05, 0.1) is 34.8 Å². The molecule has 5 rings (SSSR count). The van der Waals surface area contributed by atoms with Gasteiger partial charge in [0.15, 0.2) is 17.4 Å². The molecule has 0 aliphatic carbocycles. The summed E-state index contributed by atoms with van der Waals surface area (Å²) >= 11 is 6.43. The minimum absolute atomic E-state index is 0.0689. The van der Waals surface area contributed by atoms with Gasteiger partial charge in [0.2, 0.25) is 15.8 Å². The van der Waals surface area contributed by atoms with E-state index in [2.05, 4.69) is 15.6 Å². The number of nitrogens with zero attached hydrogens (tertiary/aromatic N) is 4. The van der Waals surface area contributed by atoms with Crippen LogP contribution in [-0.4, -0.2) is 102 Å². The third-order valence-electron chi connectivity index (χ3n) is 7.78. The van der Waals surface area contributed by atoms with Crippen LogP contribution in [-0.2, 0) is 21.9 Å². The number of sulfonamides is 1. The number of piperidine rings is 1. The van der Waals surface area contributed by atoms with E-state index in [1.54, 1.807) is 4.90 Å². The third-order valence-corrected chi connectivity index (χ3v) is 10.5. The summed E-state index contributed by atoms with van der Waals surface area (Å²) in [6.45, 7) is 2.46. The summed E-state index contributed by atoms with van der Waals surface area (Å²) in [6, 6.07) is 7.04. The Morgan fingerprint density at radius 1 is 1.11 bits per heavy atom. The Balaban J connectivity index is 0.00000154. The van der Waals surface area contributed by atoms with E-state index in [0.29, 0.717) is 44.7 Å². The minimum Gasteiger partial charge on any atom is -0.494 e. The Labute approximate surface area is 269 Å². The fourth-order valence-electron chi connectivity index (χ4n) is 5.35. The van der Waals surface area contributed by atoms with Gasteiger partial charge >= 0.3 is 0 Å². The highest BCUT2D eigenvalue weighted by molar-refractivity contribution is 7.89. The van der Waals surface area contributed by atoms with E-state index in [4.69, 9.17) is 26.2 Å². The molecule has 248 valence electrons. The SMILES string of the molecule is COc1ccc(-c2cnc(C(=O)Nc3ccc(C(=O)N4CCC(S(=O)(=O)N5CCNCC5)CC4)c(Cl)c3)n2C)c(F)c1F.O=CO. The number of aromatic nitrogens is 2. The average molecular weight is 683 g/mol. The molecule has 2 aliphatic rings. The van der Waals surface area contributed by atoms with Crippen LogP contribution < -0.4 is 15.4 Å². The molecule has 0 spiro atoms. The first-order valence-corrected chi connectivity index (χ1v) is 16.0. The van der Waals surface area contributed by atoms with Crippen LogP contribution in [0.3, 0.4) is 0 Å². The molecule has 2 aromatic carbocycles. The standard InChI is InChI=1S/C28H31ClF2N6O5S.CH2O2/c1-35-22(20-5-6-23(42-2)25(31)24(20)30)16-33-26(35)27(38)34-17-3-4-19(21(29)15-17)28(39)36-11-7-18(8-12-36)43(40,41)37-13-9-32-10-14-37;2-1-3/h3-6,15-16,18,32H,7-14H2,1-2H3,(H,34,38);1H,(H,2,3). The fraction of sp³-hybridized carbons (Fsp3) is 0.379. The number of benzene rings is 2. The van der Waals surface area contributed by atoms with Crippen LogP contribution in [0.5, 0.6) is 5.75 Å². The number of piperazine rings is 1. The number of rotatable bonds is 7. The Bertz CT molecular complexity index is 1710. The molecule has 17 heteroatoms. The molecular weight excluding hydrogens is 650 g/mol. The molecule has 13 nitrogen and oxygen atoms in total. The number of anilines is 1. The molecule has 2 amide bonds. The van der Waals surface area contributed by atoms with Crippen molar-refractivity contribution >= 4 is 45.6 Å². The molecule has 1 aromatic heterocycles. The molecular formula is C29H33ClF2N6O7S. The maximum atomic E-state index is 14.6. The Kier molecular flexibility index (Phi) is 11.3. The van der Waals surface area contributed by atoms with Crippen LogP contribution in [0.4, 0.5) is 14.5 Å². The van der Waals surface area contributed by atoms with Crippen molar-refractivity contribution in [2.24, 2.45) is 7.05 Å². The Morgan fingerprint density at radius 3 is 2.37 bits per heavy atom. The van der Waals surface area contributed by atoms with E-state index in [1.807, 2.05) is 0 Å². The highest BCUT2D eigenvalue weighted by Crippen LogP contribution is 2.31. The number of likely N-dealkylation sites (tertiary alicyclic amines) is 1. The lowest BCUT2D eigenvalue weighted by atomic mass is 10.1. The lowest BCUT2D eigenvalue weighted by Gasteiger charge is -2.36. The van der Waals surface area contributed by atoms with E-state index in [-0.39, 0.29) is 58.9 Å². The molecule has 0 saturated carbocycles. The van der Waals surface area contributed by atoms with E-state index in [1.165, 1.54) is 59.6 Å². The predicted molar refractivity (Wildman–Crippen MR) is 165 cm³/mol. The van der Waals surface area contributed by atoms with Crippen LogP contribution >= 0.6 is 11.6 Å². The summed E-state index contributed by atoms with van der Waals surface area (Å²) < 4.78 is 62.5. The number of amides is 2. The Morgan fingerprint density at radius 2 is 1.76 bits per heavy atom. The smallest absolute Gasteiger partial charge is 0.291 e. The zero-order valence-electron chi connectivity index (χ0n) is 25.0. The number of halogens is 3. The van der Waals surface area contributed by atoms with Crippen molar-refractivity contribution in [3.8, 4) is 17.0 Å². The monoisotopic (exact) mass is 682 g/mol. The van der Waals surface area contributed by atoms with Gasteiger partial charge in [-0.3, -0.25) is 14.4 Å². The lowest BCUT2D eigenvalue weighted by molar-refractivity contribution is -0.122. The fourth-order valence-corrected chi connectivity index (χ4v) is 7.53. The number of carbonyl (C=O) groups is 3. The maximum Gasteiger partial charge on any atom is 0.291 e. The number of nitrogens with one attached hydrogen (secondary N) is 2. The quantitative estimate of drug-likeness (QED) is 0.318. The first-order valence-electron chi connectivity index (χ1n) is 14.2. The van der Waals surface area contributed by atoms with Crippen molar-refractivity contribution in [1.29, 1.82) is 0 Å². The van der Waals surface area contributed by atoms with E-state index in [0.717, 1.165) is 0 Å². The molecule has 3 aromatic rings. The van der Waals surface area contributed by atoms with Gasteiger partial charge in [0.25, 0.3) is 18.3 Å². The van der Waals surface area contributed by atoms with Gasteiger partial charge in [0, 0.05) is 57.6 Å². The first-order chi connectivity index (χ1) is 21.9. The first kappa shape index (κ1) is 34.7. The lowest BCUT2D eigenvalue weighted by Crippen LogP contribution is -2.52. The molecule has 2 saturated heterocycles. The summed E-state index contributed by atoms with van der Waals surface area (Å²) in [7, 11) is -0.710. The third kappa shape index (κ3) is 7.30. The zero-order valence-corrected chi connectivity index (χ0v) is 26.6. The summed E-state index contributed by atoms with van der Waals surface area (Å²) in [5.41, 5.74) is 0.592.